The molecule has 0 aromatic heterocycles. The maximum absolute atomic E-state index is 9.34. The zero-order chi connectivity index (χ0) is 10.0. The van der Waals surface area contributed by atoms with E-state index in [0.29, 0.717) is 0 Å². The standard InChI is InChI=1S/C7H13ClO5/c1-12-2-3-4(8)5(9)6(10)7(11)13-3/h3-7,9-11H,2H2,1H3/t3-,4+,5+,6-,7+/m1/s1. The summed E-state index contributed by atoms with van der Waals surface area (Å²) in [6, 6.07) is 0. The molecule has 0 unspecified atom stereocenters. The maximum Gasteiger partial charge on any atom is 0.183 e. The van der Waals surface area contributed by atoms with E-state index >= 15 is 0 Å². The lowest BCUT2D eigenvalue weighted by Crippen LogP contribution is -2.56. The highest BCUT2D eigenvalue weighted by molar-refractivity contribution is 6.21. The van der Waals surface area contributed by atoms with Gasteiger partial charge in [0.05, 0.1) is 12.0 Å². The van der Waals surface area contributed by atoms with Gasteiger partial charge in [-0.2, -0.15) is 0 Å². The van der Waals surface area contributed by atoms with Crippen LogP contribution in [0.1, 0.15) is 0 Å². The Morgan fingerprint density at radius 2 is 1.92 bits per heavy atom. The first-order valence-electron chi connectivity index (χ1n) is 3.90. The van der Waals surface area contributed by atoms with Crippen molar-refractivity contribution in [1.29, 1.82) is 0 Å². The van der Waals surface area contributed by atoms with Crippen LogP contribution in [0.3, 0.4) is 0 Å². The fourth-order valence-electron chi connectivity index (χ4n) is 1.21. The van der Waals surface area contributed by atoms with Gasteiger partial charge in [-0.05, 0) is 0 Å². The van der Waals surface area contributed by atoms with Crippen molar-refractivity contribution in [2.24, 2.45) is 0 Å². The van der Waals surface area contributed by atoms with Crippen LogP contribution >= 0.6 is 11.6 Å². The number of rotatable bonds is 2. The first kappa shape index (κ1) is 11.2. The van der Waals surface area contributed by atoms with Crippen LogP contribution < -0.4 is 0 Å². The number of alkyl halides is 1. The van der Waals surface area contributed by atoms with Crippen molar-refractivity contribution in [1.82, 2.24) is 0 Å². The molecule has 1 heterocycles. The summed E-state index contributed by atoms with van der Waals surface area (Å²) in [5.41, 5.74) is 0. The Morgan fingerprint density at radius 1 is 1.31 bits per heavy atom. The largest absolute Gasteiger partial charge is 0.389 e. The molecule has 0 saturated carbocycles. The van der Waals surface area contributed by atoms with Gasteiger partial charge in [-0.25, -0.2) is 0 Å². The number of methoxy groups -OCH3 is 1. The third kappa shape index (κ3) is 2.31. The number of aliphatic hydroxyl groups excluding tert-OH is 3. The summed E-state index contributed by atoms with van der Waals surface area (Å²) in [5.74, 6) is 0. The molecule has 6 heteroatoms. The van der Waals surface area contributed by atoms with E-state index < -0.39 is 30.0 Å². The van der Waals surface area contributed by atoms with Crippen LogP contribution in [-0.4, -0.2) is 59.0 Å². The smallest absolute Gasteiger partial charge is 0.183 e. The van der Waals surface area contributed by atoms with Crippen LogP contribution in [0.15, 0.2) is 0 Å². The van der Waals surface area contributed by atoms with Crippen molar-refractivity contribution in [3.05, 3.63) is 0 Å². The summed E-state index contributed by atoms with van der Waals surface area (Å²) in [5, 5.41) is 26.8. The molecule has 0 bridgehead atoms. The van der Waals surface area contributed by atoms with E-state index in [2.05, 4.69) is 0 Å². The predicted octanol–water partition coefficient (Wildman–Crippen LogP) is -1.32. The Balaban J connectivity index is 2.59. The van der Waals surface area contributed by atoms with E-state index in [9.17, 15) is 5.11 Å². The fourth-order valence-corrected chi connectivity index (χ4v) is 1.49. The fraction of sp³-hybridized carbons (Fsp3) is 1.00. The number of hydrogen-bond acceptors (Lipinski definition) is 5. The van der Waals surface area contributed by atoms with Crippen molar-refractivity contribution in [2.75, 3.05) is 13.7 Å². The van der Waals surface area contributed by atoms with Gasteiger partial charge in [-0.3, -0.25) is 0 Å². The van der Waals surface area contributed by atoms with Gasteiger partial charge in [-0.15, -0.1) is 11.6 Å². The molecule has 0 aromatic rings. The Labute approximate surface area is 80.8 Å². The van der Waals surface area contributed by atoms with Gasteiger partial charge in [0.1, 0.15) is 18.3 Å². The lowest BCUT2D eigenvalue weighted by atomic mass is 10.0. The predicted molar refractivity (Wildman–Crippen MR) is 44.4 cm³/mol. The lowest BCUT2D eigenvalue weighted by molar-refractivity contribution is -0.250. The molecule has 1 rings (SSSR count). The summed E-state index contributed by atoms with van der Waals surface area (Å²) in [7, 11) is 1.46. The van der Waals surface area contributed by atoms with Crippen molar-refractivity contribution in [2.45, 2.75) is 30.0 Å². The molecule has 5 atom stereocenters. The van der Waals surface area contributed by atoms with Gasteiger partial charge in [0.25, 0.3) is 0 Å². The number of ether oxygens (including phenoxy) is 2. The molecular formula is C7H13ClO5. The minimum Gasteiger partial charge on any atom is -0.389 e. The van der Waals surface area contributed by atoms with E-state index in [1.165, 1.54) is 7.11 Å². The molecular weight excluding hydrogens is 200 g/mol. The average molecular weight is 213 g/mol. The summed E-state index contributed by atoms with van der Waals surface area (Å²) in [6.45, 7) is 0.162. The van der Waals surface area contributed by atoms with Gasteiger partial charge < -0.3 is 24.8 Å². The first-order chi connectivity index (χ1) is 6.07. The van der Waals surface area contributed by atoms with Crippen LogP contribution in [0.4, 0.5) is 0 Å². The highest BCUT2D eigenvalue weighted by Crippen LogP contribution is 2.24. The molecule has 0 aromatic carbocycles. The molecule has 5 nitrogen and oxygen atoms in total. The van der Waals surface area contributed by atoms with E-state index in [1.54, 1.807) is 0 Å². The number of halogens is 1. The second kappa shape index (κ2) is 4.54. The zero-order valence-corrected chi connectivity index (χ0v) is 7.89. The molecule has 0 spiro atoms. The molecule has 1 saturated heterocycles. The van der Waals surface area contributed by atoms with Crippen molar-refractivity contribution in [3.63, 3.8) is 0 Å². The van der Waals surface area contributed by atoms with E-state index in [1.807, 2.05) is 0 Å². The highest BCUT2D eigenvalue weighted by atomic mass is 35.5. The Hall–Kier alpha value is 0.0900. The lowest BCUT2D eigenvalue weighted by Gasteiger charge is -2.37. The van der Waals surface area contributed by atoms with Crippen molar-refractivity contribution < 1.29 is 24.8 Å². The van der Waals surface area contributed by atoms with Gasteiger partial charge in [0.15, 0.2) is 6.29 Å². The second-order valence-corrected chi connectivity index (χ2v) is 3.45. The van der Waals surface area contributed by atoms with Crippen molar-refractivity contribution in [3.8, 4) is 0 Å². The molecule has 78 valence electrons. The Kier molecular flexibility index (Phi) is 3.90. The summed E-state index contributed by atoms with van der Waals surface area (Å²) in [4.78, 5) is 0. The minimum atomic E-state index is -1.41. The zero-order valence-electron chi connectivity index (χ0n) is 7.13. The minimum absolute atomic E-state index is 0.162. The summed E-state index contributed by atoms with van der Waals surface area (Å²) >= 11 is 5.75. The molecule has 0 amide bonds. The third-order valence-electron chi connectivity index (χ3n) is 1.97. The van der Waals surface area contributed by atoms with Crippen LogP contribution in [0.2, 0.25) is 0 Å². The molecule has 13 heavy (non-hydrogen) atoms. The van der Waals surface area contributed by atoms with Gasteiger partial charge in [0.2, 0.25) is 0 Å². The van der Waals surface area contributed by atoms with E-state index in [0.717, 1.165) is 0 Å². The monoisotopic (exact) mass is 212 g/mol. The molecule has 1 aliphatic heterocycles. The van der Waals surface area contributed by atoms with Crippen molar-refractivity contribution >= 4 is 11.6 Å². The maximum atomic E-state index is 9.34. The third-order valence-corrected chi connectivity index (χ3v) is 2.51. The molecule has 1 fully saturated rings. The number of aliphatic hydroxyl groups is 3. The second-order valence-electron chi connectivity index (χ2n) is 2.95. The summed E-state index contributed by atoms with van der Waals surface area (Å²) in [6.07, 6.45) is -4.59. The molecule has 0 aliphatic carbocycles. The average Bonchev–Trinajstić information content (AvgIpc) is 2.11. The molecule has 3 N–H and O–H groups in total. The van der Waals surface area contributed by atoms with Gasteiger partial charge in [-0.1, -0.05) is 0 Å². The quantitative estimate of drug-likeness (QED) is 0.495. The highest BCUT2D eigenvalue weighted by Gasteiger charge is 2.42. The Bertz CT molecular complexity index is 167. The van der Waals surface area contributed by atoms with E-state index in [-0.39, 0.29) is 6.61 Å². The van der Waals surface area contributed by atoms with Gasteiger partial charge >= 0.3 is 0 Å². The van der Waals surface area contributed by atoms with Gasteiger partial charge in [0, 0.05) is 7.11 Å². The molecule has 1 aliphatic rings. The Morgan fingerprint density at radius 3 is 2.46 bits per heavy atom. The first-order valence-corrected chi connectivity index (χ1v) is 4.34. The SMILES string of the molecule is COC[C@H]1O[C@H](O)[C@H](O)[C@@H](O)[C@H]1Cl. The normalized spacial score (nSPS) is 46.4. The van der Waals surface area contributed by atoms with Crippen LogP contribution in [0, 0.1) is 0 Å². The topological polar surface area (TPSA) is 79.2 Å². The number of hydrogen-bond donors (Lipinski definition) is 3. The van der Waals surface area contributed by atoms with Crippen LogP contribution in [-0.2, 0) is 9.47 Å². The van der Waals surface area contributed by atoms with Crippen LogP contribution in [0.25, 0.3) is 0 Å². The summed E-state index contributed by atoms with van der Waals surface area (Å²) < 4.78 is 9.68. The van der Waals surface area contributed by atoms with Crippen LogP contribution in [0.5, 0.6) is 0 Å². The van der Waals surface area contributed by atoms with E-state index in [4.69, 9.17) is 31.3 Å². The molecule has 0 radical (unpaired) electrons.